The first kappa shape index (κ1) is 20.8. The summed E-state index contributed by atoms with van der Waals surface area (Å²) >= 11 is 0. The first-order valence-corrected chi connectivity index (χ1v) is 8.81. The van der Waals surface area contributed by atoms with Crippen LogP contribution in [0, 0.1) is 0 Å². The summed E-state index contributed by atoms with van der Waals surface area (Å²) in [7, 11) is 0. The van der Waals surface area contributed by atoms with Crippen molar-refractivity contribution >= 4 is 28.6 Å². The van der Waals surface area contributed by atoms with Crippen LogP contribution >= 0.6 is 0 Å². The van der Waals surface area contributed by atoms with Gasteiger partial charge in [0.05, 0.1) is 5.39 Å². The molecule has 3 rings (SSSR count). The van der Waals surface area contributed by atoms with Gasteiger partial charge in [-0.1, -0.05) is 42.5 Å². The molecule has 0 atom stereocenters. The molecule has 0 fully saturated rings. The van der Waals surface area contributed by atoms with Crippen molar-refractivity contribution in [2.75, 3.05) is 4.90 Å². The molecule has 3 aromatic rings. The zero-order valence-electron chi connectivity index (χ0n) is 15.5. The lowest BCUT2D eigenvalue weighted by Crippen LogP contribution is -3.00. The number of hydrogen-bond acceptors (Lipinski definition) is 1. The van der Waals surface area contributed by atoms with E-state index >= 15 is 0 Å². The number of pyridine rings is 1. The van der Waals surface area contributed by atoms with E-state index in [9.17, 15) is 4.79 Å². The topological polar surface area (TPSA) is 24.2 Å². The molecule has 0 radical (unpaired) electrons. The van der Waals surface area contributed by atoms with Crippen molar-refractivity contribution in [3.63, 3.8) is 0 Å². The molecule has 2 aromatic carbocycles. The van der Waals surface area contributed by atoms with Gasteiger partial charge in [-0.25, -0.2) is 0 Å². The highest BCUT2D eigenvalue weighted by Gasteiger charge is 2.09. The summed E-state index contributed by atoms with van der Waals surface area (Å²) in [6.45, 7) is 4.65. The van der Waals surface area contributed by atoms with Crippen LogP contribution in [0.25, 0.3) is 17.0 Å². The highest BCUT2D eigenvalue weighted by molar-refractivity contribution is 5.93. The minimum absolute atomic E-state index is 0. The van der Waals surface area contributed by atoms with Crippen molar-refractivity contribution < 1.29 is 33.3 Å². The molecular formula is C23H23IN2O. The molecule has 0 N–H and O–H groups in total. The smallest absolute Gasteiger partial charge is 0.227 e. The second-order valence-corrected chi connectivity index (χ2v) is 6.00. The molecule has 0 saturated carbocycles. The number of rotatable bonds is 5. The van der Waals surface area contributed by atoms with Gasteiger partial charge in [0.1, 0.15) is 6.54 Å². The lowest BCUT2D eigenvalue weighted by molar-refractivity contribution is -0.667. The van der Waals surface area contributed by atoms with Gasteiger partial charge in [-0.2, -0.15) is 4.57 Å². The van der Waals surface area contributed by atoms with E-state index in [1.54, 1.807) is 18.0 Å². The van der Waals surface area contributed by atoms with Gasteiger partial charge in [-0.05, 0) is 36.8 Å². The van der Waals surface area contributed by atoms with E-state index in [1.165, 1.54) is 10.9 Å². The second-order valence-electron chi connectivity index (χ2n) is 6.00. The highest BCUT2D eigenvalue weighted by Crippen LogP contribution is 2.17. The number of aromatic nitrogens is 1. The van der Waals surface area contributed by atoms with Crippen LogP contribution < -0.4 is 33.4 Å². The van der Waals surface area contributed by atoms with Crippen LogP contribution in [0.5, 0.6) is 0 Å². The number of allylic oxidation sites excluding steroid dienone is 2. The molecule has 0 aliphatic rings. The lowest BCUT2D eigenvalue weighted by Gasteiger charge is -2.15. The third-order valence-corrected chi connectivity index (χ3v) is 4.29. The van der Waals surface area contributed by atoms with E-state index < -0.39 is 0 Å². The third-order valence-electron chi connectivity index (χ3n) is 4.29. The van der Waals surface area contributed by atoms with Crippen LogP contribution in [-0.2, 0) is 11.3 Å². The number of carbonyl (C=O) groups is 1. The Labute approximate surface area is 177 Å². The maximum absolute atomic E-state index is 11.9. The summed E-state index contributed by atoms with van der Waals surface area (Å²) in [4.78, 5) is 13.5. The summed E-state index contributed by atoms with van der Waals surface area (Å²) in [5.74, 6) is -0.0185. The summed E-state index contributed by atoms with van der Waals surface area (Å²) in [6.07, 6.45) is 9.84. The number of hydrogen-bond donors (Lipinski definition) is 0. The zero-order chi connectivity index (χ0) is 18.4. The van der Waals surface area contributed by atoms with Crippen molar-refractivity contribution in [3.05, 3.63) is 90.8 Å². The molecule has 3 nitrogen and oxygen atoms in total. The number of aryl methyl sites for hydroxylation is 1. The van der Waals surface area contributed by atoms with Crippen molar-refractivity contribution in [1.82, 2.24) is 0 Å². The summed E-state index contributed by atoms with van der Waals surface area (Å²) in [6, 6.07) is 20.1. The first-order valence-electron chi connectivity index (χ1n) is 8.81. The van der Waals surface area contributed by atoms with Crippen LogP contribution in [-0.4, -0.2) is 5.91 Å². The monoisotopic (exact) mass is 470 g/mol. The van der Waals surface area contributed by atoms with E-state index in [2.05, 4.69) is 54.1 Å². The van der Waals surface area contributed by atoms with Crippen LogP contribution in [0.3, 0.4) is 0 Å². The number of carbonyl (C=O) groups excluding carboxylic acids is 1. The molecule has 0 aliphatic heterocycles. The number of para-hydroxylation sites is 2. The van der Waals surface area contributed by atoms with Gasteiger partial charge >= 0.3 is 0 Å². The Kier molecular flexibility index (Phi) is 7.73. The van der Waals surface area contributed by atoms with Gasteiger partial charge in [0.15, 0.2) is 6.20 Å². The molecule has 1 amide bonds. The molecule has 0 unspecified atom stereocenters. The fraction of sp³-hybridized carbons (Fsp3) is 0.130. The van der Waals surface area contributed by atoms with Crippen molar-refractivity contribution in [2.24, 2.45) is 0 Å². The summed E-state index contributed by atoms with van der Waals surface area (Å²) in [5.41, 5.74) is 3.23. The molecule has 138 valence electrons. The summed E-state index contributed by atoms with van der Waals surface area (Å²) in [5, 5.41) is 1.22. The average molecular weight is 470 g/mol. The largest absolute Gasteiger partial charge is 1.00 e. The van der Waals surface area contributed by atoms with Gasteiger partial charge in [0, 0.05) is 30.9 Å². The molecule has 0 saturated heterocycles. The Morgan fingerprint density at radius 1 is 1.00 bits per heavy atom. The Balaban J connectivity index is 0.00000261. The van der Waals surface area contributed by atoms with E-state index in [4.69, 9.17) is 0 Å². The van der Waals surface area contributed by atoms with Gasteiger partial charge < -0.3 is 24.0 Å². The van der Waals surface area contributed by atoms with Crippen molar-refractivity contribution in [2.45, 2.75) is 20.4 Å². The lowest BCUT2D eigenvalue weighted by atomic mass is 10.1. The Bertz CT molecular complexity index is 965. The number of benzene rings is 2. The number of nitrogens with zero attached hydrogens (tertiary/aromatic N) is 2. The molecule has 0 spiro atoms. The van der Waals surface area contributed by atoms with Crippen LogP contribution in [0.15, 0.2) is 85.2 Å². The fourth-order valence-corrected chi connectivity index (χ4v) is 2.99. The average Bonchev–Trinajstić information content (AvgIpc) is 2.68. The van der Waals surface area contributed by atoms with Gasteiger partial charge in [-0.3, -0.25) is 9.69 Å². The predicted molar refractivity (Wildman–Crippen MR) is 108 cm³/mol. The normalized spacial score (nSPS) is 11.0. The highest BCUT2D eigenvalue weighted by atomic mass is 127. The molecule has 0 bridgehead atoms. The van der Waals surface area contributed by atoms with Crippen LogP contribution in [0.1, 0.15) is 19.4 Å². The second kappa shape index (κ2) is 10.0. The van der Waals surface area contributed by atoms with Gasteiger partial charge in [-0.15, -0.1) is 0 Å². The standard InChI is InChI=1S/C23H23N2O.HI/c1-3-24-18-16-20(22-14-7-8-15-23(22)24)11-9-10-17-25(19(2)26)21-12-5-4-6-13-21;/h4-18H,3H2,1-2H3;1H/q+1;/p-1. The SMILES string of the molecule is CC[n+]1ccc(C=CC=CN(C(C)=O)c2ccccc2)c2ccccc21.[I-]. The molecule has 1 heterocycles. The number of amides is 1. The molecule has 0 aliphatic carbocycles. The Morgan fingerprint density at radius 3 is 2.41 bits per heavy atom. The number of halogens is 1. The van der Waals surface area contributed by atoms with E-state index in [0.717, 1.165) is 17.8 Å². The molecule has 27 heavy (non-hydrogen) atoms. The predicted octanol–water partition coefficient (Wildman–Crippen LogP) is 1.73. The summed E-state index contributed by atoms with van der Waals surface area (Å²) < 4.78 is 2.23. The van der Waals surface area contributed by atoms with E-state index in [0.29, 0.717) is 0 Å². The zero-order valence-corrected chi connectivity index (χ0v) is 17.7. The quantitative estimate of drug-likeness (QED) is 0.317. The van der Waals surface area contributed by atoms with Crippen molar-refractivity contribution in [1.29, 1.82) is 0 Å². The Hall–Kier alpha value is -2.47. The first-order chi connectivity index (χ1) is 12.7. The van der Waals surface area contributed by atoms with Gasteiger partial charge in [0.25, 0.3) is 0 Å². The third kappa shape index (κ3) is 5.04. The minimum atomic E-state index is -0.0185. The van der Waals surface area contributed by atoms with E-state index in [-0.39, 0.29) is 29.9 Å². The number of anilines is 1. The van der Waals surface area contributed by atoms with Gasteiger partial charge in [0.2, 0.25) is 11.4 Å². The van der Waals surface area contributed by atoms with Crippen LogP contribution in [0.4, 0.5) is 5.69 Å². The van der Waals surface area contributed by atoms with Crippen LogP contribution in [0.2, 0.25) is 0 Å². The maximum atomic E-state index is 11.9. The van der Waals surface area contributed by atoms with Crippen molar-refractivity contribution in [3.8, 4) is 0 Å². The Morgan fingerprint density at radius 2 is 1.70 bits per heavy atom. The molecule has 1 aromatic heterocycles. The molecule has 4 heteroatoms. The molecular weight excluding hydrogens is 447 g/mol. The minimum Gasteiger partial charge on any atom is -1.00 e. The number of fused-ring (bicyclic) bond motifs is 1. The fourth-order valence-electron chi connectivity index (χ4n) is 2.99. The maximum Gasteiger partial charge on any atom is 0.227 e. The van der Waals surface area contributed by atoms with E-state index in [1.807, 2.05) is 42.5 Å².